The van der Waals surface area contributed by atoms with Crippen molar-refractivity contribution < 1.29 is 4.79 Å². The van der Waals surface area contributed by atoms with Crippen LogP contribution in [0.15, 0.2) is 79.1 Å². The van der Waals surface area contributed by atoms with Gasteiger partial charge in [0.05, 0.1) is 12.5 Å². The Bertz CT molecular complexity index is 779. The second-order valence-electron chi connectivity index (χ2n) is 5.97. The number of aromatic nitrogens is 1. The molecule has 3 heteroatoms. The Hall–Kier alpha value is -2.81. The lowest BCUT2D eigenvalue weighted by Crippen LogP contribution is -2.26. The summed E-state index contributed by atoms with van der Waals surface area (Å²) in [5.74, 6) is 0.0563. The van der Waals surface area contributed by atoms with Crippen LogP contribution in [0.4, 0.5) is 0 Å². The number of benzene rings is 2. The second-order valence-corrected chi connectivity index (χ2v) is 5.97. The number of amides is 1. The first-order valence-corrected chi connectivity index (χ1v) is 8.22. The standard InChI is InChI=1S/C21H22N2O/c1-17-9-5-6-12-19(17)20(23-13-7-8-14-23)15-21(24)22-16-18-10-3-2-4-11-18/h2-14,20H,15-16H2,1H3,(H,22,24). The van der Waals surface area contributed by atoms with Gasteiger partial charge in [0.25, 0.3) is 0 Å². The average molecular weight is 318 g/mol. The SMILES string of the molecule is Cc1ccccc1C(CC(=O)NCc1ccccc1)n1cccc1. The predicted octanol–water partition coefficient (Wildman–Crippen LogP) is 4.09. The summed E-state index contributed by atoms with van der Waals surface area (Å²) in [6.45, 7) is 2.65. The van der Waals surface area contributed by atoms with E-state index >= 15 is 0 Å². The zero-order valence-corrected chi connectivity index (χ0v) is 13.9. The quantitative estimate of drug-likeness (QED) is 0.729. The summed E-state index contributed by atoms with van der Waals surface area (Å²) in [6, 6.07) is 22.2. The Morgan fingerprint density at radius 1 is 0.958 bits per heavy atom. The highest BCUT2D eigenvalue weighted by Crippen LogP contribution is 2.25. The summed E-state index contributed by atoms with van der Waals surface area (Å²) in [4.78, 5) is 12.5. The van der Waals surface area contributed by atoms with Gasteiger partial charge in [-0.15, -0.1) is 0 Å². The van der Waals surface area contributed by atoms with E-state index in [1.165, 1.54) is 11.1 Å². The molecule has 3 aromatic rings. The van der Waals surface area contributed by atoms with E-state index in [1.54, 1.807) is 0 Å². The third-order valence-corrected chi connectivity index (χ3v) is 4.25. The van der Waals surface area contributed by atoms with Gasteiger partial charge in [-0.05, 0) is 35.7 Å². The molecular formula is C21H22N2O. The monoisotopic (exact) mass is 318 g/mol. The van der Waals surface area contributed by atoms with Crippen LogP contribution in [-0.2, 0) is 11.3 Å². The molecule has 3 nitrogen and oxygen atoms in total. The summed E-state index contributed by atoms with van der Waals surface area (Å²) in [5, 5.41) is 3.03. The van der Waals surface area contributed by atoms with Gasteiger partial charge in [-0.3, -0.25) is 4.79 Å². The maximum Gasteiger partial charge on any atom is 0.222 e. The maximum absolute atomic E-state index is 12.5. The van der Waals surface area contributed by atoms with E-state index in [2.05, 4.69) is 28.9 Å². The van der Waals surface area contributed by atoms with Crippen molar-refractivity contribution in [1.82, 2.24) is 9.88 Å². The van der Waals surface area contributed by atoms with E-state index in [-0.39, 0.29) is 11.9 Å². The van der Waals surface area contributed by atoms with Crippen LogP contribution in [0.3, 0.4) is 0 Å². The van der Waals surface area contributed by atoms with Crippen molar-refractivity contribution in [2.24, 2.45) is 0 Å². The molecule has 1 heterocycles. The molecule has 1 aromatic heterocycles. The smallest absolute Gasteiger partial charge is 0.222 e. The first-order valence-electron chi connectivity index (χ1n) is 8.22. The molecule has 0 aliphatic heterocycles. The molecule has 0 radical (unpaired) electrons. The zero-order chi connectivity index (χ0) is 16.8. The fraction of sp³-hybridized carbons (Fsp3) is 0.190. The minimum absolute atomic E-state index is 0.0111. The summed E-state index contributed by atoms with van der Waals surface area (Å²) in [5.41, 5.74) is 3.50. The lowest BCUT2D eigenvalue weighted by Gasteiger charge is -2.21. The second kappa shape index (κ2) is 7.64. The van der Waals surface area contributed by atoms with Crippen molar-refractivity contribution in [2.75, 3.05) is 0 Å². The number of hydrogen-bond acceptors (Lipinski definition) is 1. The molecule has 0 aliphatic rings. The van der Waals surface area contributed by atoms with Crippen molar-refractivity contribution in [1.29, 1.82) is 0 Å². The van der Waals surface area contributed by atoms with Crippen molar-refractivity contribution in [3.63, 3.8) is 0 Å². The topological polar surface area (TPSA) is 34.0 Å². The van der Waals surface area contributed by atoms with Gasteiger partial charge < -0.3 is 9.88 Å². The molecule has 1 atom stereocenters. The van der Waals surface area contributed by atoms with E-state index < -0.39 is 0 Å². The Kier molecular flexibility index (Phi) is 5.12. The molecule has 1 unspecified atom stereocenters. The number of rotatable bonds is 6. The van der Waals surface area contributed by atoms with Crippen molar-refractivity contribution in [3.8, 4) is 0 Å². The van der Waals surface area contributed by atoms with E-state index in [1.807, 2.05) is 67.0 Å². The molecule has 122 valence electrons. The fourth-order valence-electron chi connectivity index (χ4n) is 2.94. The minimum Gasteiger partial charge on any atom is -0.352 e. The highest BCUT2D eigenvalue weighted by molar-refractivity contribution is 5.77. The number of nitrogens with zero attached hydrogens (tertiary/aromatic N) is 1. The largest absolute Gasteiger partial charge is 0.352 e. The van der Waals surface area contributed by atoms with Crippen LogP contribution in [0, 0.1) is 6.92 Å². The van der Waals surface area contributed by atoms with E-state index in [9.17, 15) is 4.79 Å². The van der Waals surface area contributed by atoms with Crippen LogP contribution in [0.1, 0.15) is 29.2 Å². The number of carbonyl (C=O) groups excluding carboxylic acids is 1. The van der Waals surface area contributed by atoms with Crippen LogP contribution in [0.5, 0.6) is 0 Å². The lowest BCUT2D eigenvalue weighted by molar-refractivity contribution is -0.121. The molecule has 1 N–H and O–H groups in total. The first-order chi connectivity index (χ1) is 11.7. The molecular weight excluding hydrogens is 296 g/mol. The van der Waals surface area contributed by atoms with Gasteiger partial charge in [0.1, 0.15) is 0 Å². The van der Waals surface area contributed by atoms with Gasteiger partial charge in [0.15, 0.2) is 0 Å². The predicted molar refractivity (Wildman–Crippen MR) is 96.7 cm³/mol. The molecule has 0 spiro atoms. The zero-order valence-electron chi connectivity index (χ0n) is 13.9. The molecule has 0 saturated carbocycles. The molecule has 0 fully saturated rings. The summed E-state index contributed by atoms with van der Waals surface area (Å²) in [7, 11) is 0. The van der Waals surface area contributed by atoms with Gasteiger partial charge in [-0.25, -0.2) is 0 Å². The van der Waals surface area contributed by atoms with Crippen molar-refractivity contribution in [3.05, 3.63) is 95.8 Å². The summed E-state index contributed by atoms with van der Waals surface area (Å²) in [6.07, 6.45) is 4.45. The molecule has 2 aromatic carbocycles. The highest BCUT2D eigenvalue weighted by atomic mass is 16.1. The Balaban J connectivity index is 1.73. The number of aryl methyl sites for hydroxylation is 1. The molecule has 0 aliphatic carbocycles. The van der Waals surface area contributed by atoms with Gasteiger partial charge >= 0.3 is 0 Å². The van der Waals surface area contributed by atoms with Crippen LogP contribution in [0.2, 0.25) is 0 Å². The van der Waals surface area contributed by atoms with Crippen molar-refractivity contribution >= 4 is 5.91 Å². The number of carbonyl (C=O) groups is 1. The van der Waals surface area contributed by atoms with Crippen molar-refractivity contribution in [2.45, 2.75) is 25.9 Å². The van der Waals surface area contributed by atoms with E-state index in [4.69, 9.17) is 0 Å². The Labute approximate surface area is 143 Å². The van der Waals surface area contributed by atoms with Crippen LogP contribution < -0.4 is 5.32 Å². The summed E-state index contributed by atoms with van der Waals surface area (Å²) < 4.78 is 2.10. The normalized spacial score (nSPS) is 11.9. The van der Waals surface area contributed by atoms with E-state index in [0.29, 0.717) is 13.0 Å². The van der Waals surface area contributed by atoms with Gasteiger partial charge in [0, 0.05) is 18.9 Å². The number of nitrogens with one attached hydrogen (secondary N) is 1. The third-order valence-electron chi connectivity index (χ3n) is 4.25. The van der Waals surface area contributed by atoms with Gasteiger partial charge in [-0.2, -0.15) is 0 Å². The molecule has 24 heavy (non-hydrogen) atoms. The van der Waals surface area contributed by atoms with E-state index in [0.717, 1.165) is 5.56 Å². The average Bonchev–Trinajstić information content (AvgIpc) is 3.14. The highest BCUT2D eigenvalue weighted by Gasteiger charge is 2.18. The lowest BCUT2D eigenvalue weighted by atomic mass is 9.98. The molecule has 1 amide bonds. The maximum atomic E-state index is 12.5. The summed E-state index contributed by atoms with van der Waals surface area (Å²) >= 11 is 0. The molecule has 3 rings (SSSR count). The number of hydrogen-bond donors (Lipinski definition) is 1. The van der Waals surface area contributed by atoms with Crippen LogP contribution in [0.25, 0.3) is 0 Å². The molecule has 0 bridgehead atoms. The first kappa shape index (κ1) is 16.1. The van der Waals surface area contributed by atoms with Gasteiger partial charge in [0.2, 0.25) is 5.91 Å². The Morgan fingerprint density at radius 3 is 2.33 bits per heavy atom. The van der Waals surface area contributed by atoms with Gasteiger partial charge in [-0.1, -0.05) is 54.6 Å². The minimum atomic E-state index is 0.0111. The fourth-order valence-corrected chi connectivity index (χ4v) is 2.94. The van der Waals surface area contributed by atoms with Crippen LogP contribution >= 0.6 is 0 Å². The van der Waals surface area contributed by atoms with Crippen LogP contribution in [-0.4, -0.2) is 10.5 Å². The third kappa shape index (κ3) is 3.93. The molecule has 0 saturated heterocycles. The Morgan fingerprint density at radius 2 is 1.62 bits per heavy atom.